The molecule has 0 aromatic carbocycles. The molecule has 6 heteroatoms. The molecule has 5 unspecified atom stereocenters. The Kier molecular flexibility index (Phi) is 4.38. The van der Waals surface area contributed by atoms with Crippen LogP contribution in [-0.4, -0.2) is 71.3 Å². The van der Waals surface area contributed by atoms with Crippen LogP contribution in [0.1, 0.15) is 27.7 Å². The van der Waals surface area contributed by atoms with Gasteiger partial charge in [-0.1, -0.05) is 0 Å². The van der Waals surface area contributed by atoms with E-state index in [0.717, 1.165) is 0 Å². The van der Waals surface area contributed by atoms with Crippen molar-refractivity contribution in [2.75, 3.05) is 27.4 Å². The zero-order valence-electron chi connectivity index (χ0n) is 12.6. The van der Waals surface area contributed by atoms with Gasteiger partial charge in [0.15, 0.2) is 0 Å². The molecule has 1 aliphatic rings. The molecule has 0 radical (unpaired) electrons. The molecule has 1 saturated heterocycles. The fourth-order valence-corrected chi connectivity index (χ4v) is 2.66. The largest absolute Gasteiger partial charge is 0.384 e. The molecule has 1 heterocycles. The van der Waals surface area contributed by atoms with Crippen molar-refractivity contribution in [1.29, 1.82) is 0 Å². The monoisotopic (exact) mass is 278 g/mol. The van der Waals surface area contributed by atoms with Gasteiger partial charge in [-0.2, -0.15) is 0 Å². The SMILES string of the molecule is COCC1OC(C)(COC)C(C)(O)C(C)(O)C1(C)O. The molecule has 1 fully saturated rings. The molecule has 0 bridgehead atoms. The molecule has 0 spiro atoms. The molecule has 6 nitrogen and oxygen atoms in total. The van der Waals surface area contributed by atoms with Gasteiger partial charge in [-0.25, -0.2) is 0 Å². The fourth-order valence-electron chi connectivity index (χ4n) is 2.66. The standard InChI is InChI=1S/C13H26O6/c1-10(8-18-6)12(3,15)13(4,16)11(2,14)9(19-10)7-17-5/h9,14-16H,7-8H2,1-6H3. The lowest BCUT2D eigenvalue weighted by Crippen LogP contribution is -2.81. The molecule has 1 aliphatic heterocycles. The van der Waals surface area contributed by atoms with E-state index in [4.69, 9.17) is 14.2 Å². The summed E-state index contributed by atoms with van der Waals surface area (Å²) in [6.45, 7) is 6.07. The van der Waals surface area contributed by atoms with Gasteiger partial charge in [0.25, 0.3) is 0 Å². The summed E-state index contributed by atoms with van der Waals surface area (Å²) in [6.07, 6.45) is -0.784. The van der Waals surface area contributed by atoms with Crippen molar-refractivity contribution in [3.63, 3.8) is 0 Å². The minimum Gasteiger partial charge on any atom is -0.384 e. The van der Waals surface area contributed by atoms with E-state index in [1.54, 1.807) is 6.92 Å². The summed E-state index contributed by atoms with van der Waals surface area (Å²) in [5, 5.41) is 32.0. The number of hydrogen-bond donors (Lipinski definition) is 3. The molecule has 0 aromatic rings. The number of methoxy groups -OCH3 is 2. The summed E-state index contributed by atoms with van der Waals surface area (Å²) in [4.78, 5) is 0. The van der Waals surface area contributed by atoms with Crippen molar-refractivity contribution >= 4 is 0 Å². The summed E-state index contributed by atoms with van der Waals surface area (Å²) in [5.74, 6) is 0. The van der Waals surface area contributed by atoms with Crippen LogP contribution >= 0.6 is 0 Å². The Morgan fingerprint density at radius 2 is 1.47 bits per heavy atom. The predicted octanol–water partition coefficient (Wildman–Crippen LogP) is -0.310. The zero-order valence-corrected chi connectivity index (χ0v) is 12.6. The van der Waals surface area contributed by atoms with Crippen molar-refractivity contribution in [3.8, 4) is 0 Å². The molecule has 114 valence electrons. The maximum Gasteiger partial charge on any atom is 0.124 e. The first-order valence-electron chi connectivity index (χ1n) is 6.30. The lowest BCUT2D eigenvalue weighted by molar-refractivity contribution is -0.378. The van der Waals surface area contributed by atoms with Crippen molar-refractivity contribution in [2.24, 2.45) is 0 Å². The van der Waals surface area contributed by atoms with E-state index in [9.17, 15) is 15.3 Å². The first-order valence-corrected chi connectivity index (χ1v) is 6.30. The molecule has 0 amide bonds. The predicted molar refractivity (Wildman–Crippen MR) is 68.9 cm³/mol. The summed E-state index contributed by atoms with van der Waals surface area (Å²) >= 11 is 0. The zero-order chi connectivity index (χ0) is 15.1. The Morgan fingerprint density at radius 1 is 0.947 bits per heavy atom. The fraction of sp³-hybridized carbons (Fsp3) is 1.00. The normalized spacial score (nSPS) is 51.3. The van der Waals surface area contributed by atoms with Crippen LogP contribution < -0.4 is 0 Å². The van der Waals surface area contributed by atoms with Crippen molar-refractivity contribution < 1.29 is 29.5 Å². The van der Waals surface area contributed by atoms with Gasteiger partial charge in [-0.3, -0.25) is 0 Å². The number of aliphatic hydroxyl groups is 3. The number of hydrogen-bond acceptors (Lipinski definition) is 6. The highest BCUT2D eigenvalue weighted by atomic mass is 16.6. The van der Waals surface area contributed by atoms with Crippen LogP contribution in [0.3, 0.4) is 0 Å². The topological polar surface area (TPSA) is 88.4 Å². The van der Waals surface area contributed by atoms with Crippen molar-refractivity contribution in [2.45, 2.75) is 56.2 Å². The van der Waals surface area contributed by atoms with E-state index in [-0.39, 0.29) is 13.2 Å². The van der Waals surface area contributed by atoms with Crippen LogP contribution in [0.5, 0.6) is 0 Å². The Bertz CT molecular complexity index is 325. The highest BCUT2D eigenvalue weighted by Crippen LogP contribution is 2.49. The summed E-state index contributed by atoms with van der Waals surface area (Å²) < 4.78 is 15.9. The van der Waals surface area contributed by atoms with Gasteiger partial charge in [0, 0.05) is 14.2 Å². The van der Waals surface area contributed by atoms with Crippen LogP contribution in [0.2, 0.25) is 0 Å². The van der Waals surface area contributed by atoms with Crippen molar-refractivity contribution in [1.82, 2.24) is 0 Å². The van der Waals surface area contributed by atoms with Crippen molar-refractivity contribution in [3.05, 3.63) is 0 Å². The van der Waals surface area contributed by atoms with Crippen LogP contribution in [0, 0.1) is 0 Å². The van der Waals surface area contributed by atoms with Crippen LogP contribution in [0.15, 0.2) is 0 Å². The maximum absolute atomic E-state index is 10.7. The van der Waals surface area contributed by atoms with Gasteiger partial charge in [-0.05, 0) is 27.7 Å². The summed E-state index contributed by atoms with van der Waals surface area (Å²) in [7, 11) is 2.96. The smallest absolute Gasteiger partial charge is 0.124 e. The second-order valence-electron chi connectivity index (χ2n) is 6.02. The van der Waals surface area contributed by atoms with Gasteiger partial charge in [-0.15, -0.1) is 0 Å². The number of rotatable bonds is 4. The average Bonchev–Trinajstić information content (AvgIpc) is 2.26. The van der Waals surface area contributed by atoms with E-state index < -0.39 is 28.5 Å². The van der Waals surface area contributed by atoms with E-state index in [1.165, 1.54) is 35.0 Å². The molecule has 3 N–H and O–H groups in total. The number of ether oxygens (including phenoxy) is 3. The second kappa shape index (κ2) is 4.95. The Balaban J connectivity index is 3.28. The third-order valence-corrected chi connectivity index (χ3v) is 4.73. The van der Waals surface area contributed by atoms with Crippen LogP contribution in [0.25, 0.3) is 0 Å². The van der Waals surface area contributed by atoms with Crippen LogP contribution in [-0.2, 0) is 14.2 Å². The first-order chi connectivity index (χ1) is 8.48. The molecule has 19 heavy (non-hydrogen) atoms. The minimum atomic E-state index is -1.80. The minimum absolute atomic E-state index is 0.0758. The summed E-state index contributed by atoms with van der Waals surface area (Å²) in [5.41, 5.74) is -6.34. The molecule has 0 aromatic heterocycles. The molecular weight excluding hydrogens is 252 g/mol. The quantitative estimate of drug-likeness (QED) is 0.654. The molecule has 0 saturated carbocycles. The van der Waals surface area contributed by atoms with Gasteiger partial charge >= 0.3 is 0 Å². The van der Waals surface area contributed by atoms with Crippen LogP contribution in [0.4, 0.5) is 0 Å². The highest BCUT2D eigenvalue weighted by Gasteiger charge is 2.69. The molecule has 0 aliphatic carbocycles. The third-order valence-electron chi connectivity index (χ3n) is 4.73. The van der Waals surface area contributed by atoms with Gasteiger partial charge in [0.1, 0.15) is 28.5 Å². The summed E-state index contributed by atoms with van der Waals surface area (Å²) in [6, 6.07) is 0. The van der Waals surface area contributed by atoms with Gasteiger partial charge in [0.05, 0.1) is 13.2 Å². The van der Waals surface area contributed by atoms with E-state index in [2.05, 4.69) is 0 Å². The van der Waals surface area contributed by atoms with Gasteiger partial charge < -0.3 is 29.5 Å². The lowest BCUT2D eigenvalue weighted by Gasteiger charge is -2.62. The Hall–Kier alpha value is -0.240. The molecule has 5 atom stereocenters. The van der Waals surface area contributed by atoms with E-state index in [1.807, 2.05) is 0 Å². The maximum atomic E-state index is 10.7. The van der Waals surface area contributed by atoms with Gasteiger partial charge in [0.2, 0.25) is 0 Å². The molecular formula is C13H26O6. The lowest BCUT2D eigenvalue weighted by atomic mass is 9.62. The second-order valence-corrected chi connectivity index (χ2v) is 6.02. The Labute approximate surface area is 114 Å². The van der Waals surface area contributed by atoms with E-state index >= 15 is 0 Å². The highest BCUT2D eigenvalue weighted by molar-refractivity contribution is 5.19. The van der Waals surface area contributed by atoms with E-state index in [0.29, 0.717) is 0 Å². The first kappa shape index (κ1) is 16.8. The third kappa shape index (κ3) is 2.20. The average molecular weight is 278 g/mol. The molecule has 1 rings (SSSR count). The Morgan fingerprint density at radius 3 is 1.89 bits per heavy atom.